The molecular weight excluding hydrogens is 302 g/mol. The van der Waals surface area contributed by atoms with Crippen LogP contribution in [0.1, 0.15) is 35.8 Å². The Labute approximate surface area is 142 Å². The van der Waals surface area contributed by atoms with Crippen molar-refractivity contribution in [2.45, 2.75) is 31.6 Å². The van der Waals surface area contributed by atoms with Crippen LogP contribution in [0.4, 0.5) is 5.69 Å². The number of carbonyl (C=O) groups is 1. The van der Waals surface area contributed by atoms with Gasteiger partial charge in [-0.3, -0.25) is 4.79 Å². The molecule has 0 bridgehead atoms. The van der Waals surface area contributed by atoms with E-state index in [-0.39, 0.29) is 17.7 Å². The van der Waals surface area contributed by atoms with E-state index in [1.165, 1.54) is 18.4 Å². The van der Waals surface area contributed by atoms with E-state index < -0.39 is 0 Å². The Balaban J connectivity index is 1.58. The normalized spacial score (nSPS) is 23.9. The van der Waals surface area contributed by atoms with Crippen molar-refractivity contribution in [2.24, 2.45) is 5.92 Å². The van der Waals surface area contributed by atoms with Gasteiger partial charge in [0, 0.05) is 36.7 Å². The lowest BCUT2D eigenvalue weighted by atomic mass is 9.86. The van der Waals surface area contributed by atoms with E-state index in [4.69, 9.17) is 4.52 Å². The van der Waals surface area contributed by atoms with Gasteiger partial charge in [-0.25, -0.2) is 0 Å². The van der Waals surface area contributed by atoms with Crippen molar-refractivity contribution in [2.75, 3.05) is 25.5 Å². The average Bonchev–Trinajstić information content (AvgIpc) is 3.19. The zero-order valence-electron chi connectivity index (χ0n) is 14.0. The van der Waals surface area contributed by atoms with Gasteiger partial charge in [-0.1, -0.05) is 23.4 Å². The highest BCUT2D eigenvalue weighted by atomic mass is 16.5. The SMILES string of the molecule is CN1C[C@H](C(=O)Nc2ccccc2)[C@@H](c2noc3c2CCCC3)C1. The molecule has 1 fully saturated rings. The van der Waals surface area contributed by atoms with Gasteiger partial charge in [0.15, 0.2) is 0 Å². The van der Waals surface area contributed by atoms with Crippen LogP contribution < -0.4 is 5.32 Å². The number of para-hydroxylation sites is 1. The first-order valence-electron chi connectivity index (χ1n) is 8.74. The largest absolute Gasteiger partial charge is 0.361 e. The monoisotopic (exact) mass is 325 g/mol. The molecule has 4 rings (SSSR count). The highest BCUT2D eigenvalue weighted by molar-refractivity contribution is 5.93. The second-order valence-corrected chi connectivity index (χ2v) is 6.97. The van der Waals surface area contributed by atoms with Gasteiger partial charge in [0.25, 0.3) is 0 Å². The van der Waals surface area contributed by atoms with Gasteiger partial charge in [0.2, 0.25) is 5.91 Å². The fourth-order valence-electron chi connectivity index (χ4n) is 4.00. The number of fused-ring (bicyclic) bond motifs is 1. The van der Waals surface area contributed by atoms with Crippen molar-refractivity contribution < 1.29 is 9.32 Å². The van der Waals surface area contributed by atoms with Gasteiger partial charge < -0.3 is 14.7 Å². The third-order valence-corrected chi connectivity index (χ3v) is 5.21. The van der Waals surface area contributed by atoms with E-state index in [0.29, 0.717) is 0 Å². The summed E-state index contributed by atoms with van der Waals surface area (Å²) in [6.07, 6.45) is 4.36. The summed E-state index contributed by atoms with van der Waals surface area (Å²) in [4.78, 5) is 15.0. The third-order valence-electron chi connectivity index (χ3n) is 5.21. The molecule has 5 nitrogen and oxygen atoms in total. The Bertz CT molecular complexity index is 725. The number of anilines is 1. The van der Waals surface area contributed by atoms with Crippen LogP contribution in [0.5, 0.6) is 0 Å². The predicted octanol–water partition coefficient (Wildman–Crippen LogP) is 2.84. The molecule has 5 heteroatoms. The highest BCUT2D eigenvalue weighted by Gasteiger charge is 2.40. The zero-order chi connectivity index (χ0) is 16.5. The van der Waals surface area contributed by atoms with Crippen LogP contribution in [-0.4, -0.2) is 36.1 Å². The summed E-state index contributed by atoms with van der Waals surface area (Å²) < 4.78 is 5.58. The number of aromatic nitrogens is 1. The van der Waals surface area contributed by atoms with Crippen molar-refractivity contribution in [3.63, 3.8) is 0 Å². The number of likely N-dealkylation sites (N-methyl/N-ethyl adjacent to an activating group) is 1. The van der Waals surface area contributed by atoms with Crippen LogP contribution in [0, 0.1) is 5.92 Å². The van der Waals surface area contributed by atoms with Gasteiger partial charge in [0.1, 0.15) is 5.76 Å². The Hall–Kier alpha value is -2.14. The van der Waals surface area contributed by atoms with Crippen LogP contribution in [0.15, 0.2) is 34.9 Å². The van der Waals surface area contributed by atoms with Crippen LogP contribution in [-0.2, 0) is 17.6 Å². The number of carbonyl (C=O) groups excluding carboxylic acids is 1. The van der Waals surface area contributed by atoms with Crippen molar-refractivity contribution >= 4 is 11.6 Å². The first kappa shape index (κ1) is 15.4. The molecule has 1 aromatic heterocycles. The standard InChI is InChI=1S/C19H23N3O2/c1-22-11-15(18-14-9-5-6-10-17(14)24-21-18)16(12-22)19(23)20-13-7-3-2-4-8-13/h2-4,7-8,15-16H,5-6,9-12H2,1H3,(H,20,23)/t15-,16-/m0/s1. The first-order chi connectivity index (χ1) is 11.7. The summed E-state index contributed by atoms with van der Waals surface area (Å²) in [7, 11) is 2.06. The lowest BCUT2D eigenvalue weighted by Gasteiger charge is -2.18. The van der Waals surface area contributed by atoms with Crippen LogP contribution in [0.3, 0.4) is 0 Å². The van der Waals surface area contributed by atoms with Crippen molar-refractivity contribution in [1.82, 2.24) is 10.1 Å². The second kappa shape index (κ2) is 6.40. The summed E-state index contributed by atoms with van der Waals surface area (Å²) in [5, 5.41) is 7.42. The van der Waals surface area contributed by atoms with Gasteiger partial charge in [-0.2, -0.15) is 0 Å². The Kier molecular flexibility index (Phi) is 4.10. The number of nitrogens with one attached hydrogen (secondary N) is 1. The van der Waals surface area contributed by atoms with Gasteiger partial charge in [-0.15, -0.1) is 0 Å². The molecular formula is C19H23N3O2. The van der Waals surface area contributed by atoms with E-state index >= 15 is 0 Å². The molecule has 1 amide bonds. The van der Waals surface area contributed by atoms with Crippen molar-refractivity contribution in [3.05, 3.63) is 47.3 Å². The van der Waals surface area contributed by atoms with Crippen LogP contribution in [0.25, 0.3) is 0 Å². The Morgan fingerprint density at radius 3 is 2.83 bits per heavy atom. The lowest BCUT2D eigenvalue weighted by molar-refractivity contribution is -0.119. The number of likely N-dealkylation sites (tertiary alicyclic amines) is 1. The molecule has 0 saturated carbocycles. The van der Waals surface area contributed by atoms with E-state index in [9.17, 15) is 4.79 Å². The summed E-state index contributed by atoms with van der Waals surface area (Å²) in [6, 6.07) is 9.65. The smallest absolute Gasteiger partial charge is 0.229 e. The van der Waals surface area contributed by atoms with Crippen molar-refractivity contribution in [3.8, 4) is 0 Å². The summed E-state index contributed by atoms with van der Waals surface area (Å²) >= 11 is 0. The predicted molar refractivity (Wildman–Crippen MR) is 91.9 cm³/mol. The number of aryl methyl sites for hydroxylation is 1. The number of benzene rings is 1. The zero-order valence-corrected chi connectivity index (χ0v) is 14.0. The molecule has 1 aromatic carbocycles. The third kappa shape index (κ3) is 2.84. The molecule has 2 atom stereocenters. The lowest BCUT2D eigenvalue weighted by Crippen LogP contribution is -2.28. The van der Waals surface area contributed by atoms with E-state index in [1.54, 1.807) is 0 Å². The van der Waals surface area contributed by atoms with Crippen LogP contribution >= 0.6 is 0 Å². The maximum Gasteiger partial charge on any atom is 0.229 e. The Morgan fingerprint density at radius 1 is 1.21 bits per heavy atom. The second-order valence-electron chi connectivity index (χ2n) is 6.97. The molecule has 2 heterocycles. The van der Waals surface area contributed by atoms with E-state index in [1.807, 2.05) is 30.3 Å². The topological polar surface area (TPSA) is 58.4 Å². The highest BCUT2D eigenvalue weighted by Crippen LogP contribution is 2.37. The molecule has 0 spiro atoms. The molecule has 1 saturated heterocycles. The maximum absolute atomic E-state index is 12.8. The molecule has 1 aliphatic carbocycles. The fraction of sp³-hybridized carbons (Fsp3) is 0.474. The quantitative estimate of drug-likeness (QED) is 0.943. The molecule has 0 radical (unpaired) electrons. The minimum atomic E-state index is -0.0914. The summed E-state index contributed by atoms with van der Waals surface area (Å²) in [5.41, 5.74) is 3.12. The fourth-order valence-corrected chi connectivity index (χ4v) is 4.00. The molecule has 24 heavy (non-hydrogen) atoms. The average molecular weight is 325 g/mol. The minimum Gasteiger partial charge on any atom is -0.361 e. The van der Waals surface area contributed by atoms with E-state index in [0.717, 1.165) is 43.1 Å². The van der Waals surface area contributed by atoms with Crippen molar-refractivity contribution in [1.29, 1.82) is 0 Å². The number of rotatable bonds is 3. The molecule has 1 aliphatic heterocycles. The van der Waals surface area contributed by atoms with E-state index in [2.05, 4.69) is 22.4 Å². The maximum atomic E-state index is 12.8. The van der Waals surface area contributed by atoms with Gasteiger partial charge in [0.05, 0.1) is 11.6 Å². The number of amides is 1. The minimum absolute atomic E-state index is 0.0723. The summed E-state index contributed by atoms with van der Waals surface area (Å²) in [5.74, 6) is 1.13. The van der Waals surface area contributed by atoms with Gasteiger partial charge >= 0.3 is 0 Å². The molecule has 126 valence electrons. The van der Waals surface area contributed by atoms with Gasteiger partial charge in [-0.05, 0) is 38.4 Å². The number of nitrogens with zero attached hydrogens (tertiary/aromatic N) is 2. The number of hydrogen-bond acceptors (Lipinski definition) is 4. The number of hydrogen-bond donors (Lipinski definition) is 1. The van der Waals surface area contributed by atoms with Crippen LogP contribution in [0.2, 0.25) is 0 Å². The molecule has 1 N–H and O–H groups in total. The first-order valence-corrected chi connectivity index (χ1v) is 8.74. The summed E-state index contributed by atoms with van der Waals surface area (Å²) in [6.45, 7) is 1.61. The Morgan fingerprint density at radius 2 is 2.00 bits per heavy atom. The molecule has 2 aromatic rings. The molecule has 2 aliphatic rings. The molecule has 0 unspecified atom stereocenters.